The molecule has 0 aliphatic heterocycles. The minimum Gasteiger partial charge on any atom is -0.469 e. The number of carbonyl (C=O) groups excluding carboxylic acids is 2. The normalized spacial score (nSPS) is 12.8. The minimum absolute atomic E-state index is 0.0255. The molecule has 7 heteroatoms. The van der Waals surface area contributed by atoms with Gasteiger partial charge < -0.3 is 14.8 Å². The summed E-state index contributed by atoms with van der Waals surface area (Å²) in [5.74, 6) is -0.539. The minimum atomic E-state index is -0.532. The SMILES string of the molecule is CC[C@@H](N[C@H](C)CC(=O)CCC(=O)OC)c1ccc(Cl)c(Oc2ccccc2)c1F. The Kier molecular flexibility index (Phi) is 9.27. The molecule has 0 saturated carbocycles. The highest BCUT2D eigenvalue weighted by Crippen LogP contribution is 2.36. The van der Waals surface area contributed by atoms with E-state index in [0.29, 0.717) is 17.7 Å². The van der Waals surface area contributed by atoms with E-state index in [2.05, 4.69) is 10.1 Å². The zero-order valence-electron chi connectivity index (χ0n) is 17.4. The van der Waals surface area contributed by atoms with Gasteiger partial charge in [0.2, 0.25) is 0 Å². The lowest BCUT2D eigenvalue weighted by atomic mass is 10.0. The van der Waals surface area contributed by atoms with Crippen LogP contribution in [0.2, 0.25) is 5.02 Å². The molecule has 0 aliphatic rings. The van der Waals surface area contributed by atoms with Crippen LogP contribution in [0.15, 0.2) is 42.5 Å². The quantitative estimate of drug-likeness (QED) is 0.464. The van der Waals surface area contributed by atoms with E-state index in [-0.39, 0.29) is 47.9 Å². The van der Waals surface area contributed by atoms with Crippen molar-refractivity contribution in [3.63, 3.8) is 0 Å². The lowest BCUT2D eigenvalue weighted by Gasteiger charge is -2.24. The number of carbonyl (C=O) groups is 2. The number of Topliss-reactive ketones (excluding diaryl/α,β-unsaturated/α-hetero) is 1. The topological polar surface area (TPSA) is 64.6 Å². The van der Waals surface area contributed by atoms with E-state index in [1.807, 2.05) is 19.9 Å². The first kappa shape index (κ1) is 23.8. The van der Waals surface area contributed by atoms with E-state index in [1.54, 1.807) is 36.4 Å². The van der Waals surface area contributed by atoms with Gasteiger partial charge in [-0.1, -0.05) is 42.8 Å². The molecule has 0 bridgehead atoms. The van der Waals surface area contributed by atoms with E-state index in [0.717, 1.165) is 0 Å². The molecule has 2 aromatic rings. The van der Waals surface area contributed by atoms with Crippen LogP contribution in [0.5, 0.6) is 11.5 Å². The predicted octanol–water partition coefficient (Wildman–Crippen LogP) is 5.61. The molecular formula is C23H27ClFNO4. The molecule has 0 aromatic heterocycles. The Morgan fingerprint density at radius 2 is 1.83 bits per heavy atom. The Bertz CT molecular complexity index is 860. The van der Waals surface area contributed by atoms with Crippen LogP contribution in [0.1, 0.15) is 51.1 Å². The Labute approximate surface area is 181 Å². The first-order chi connectivity index (χ1) is 14.3. The van der Waals surface area contributed by atoms with Crippen molar-refractivity contribution in [1.29, 1.82) is 0 Å². The van der Waals surface area contributed by atoms with Crippen molar-refractivity contribution in [3.05, 3.63) is 58.9 Å². The number of halogens is 2. The Hall–Kier alpha value is -2.44. The first-order valence-electron chi connectivity index (χ1n) is 9.91. The van der Waals surface area contributed by atoms with Gasteiger partial charge in [0.25, 0.3) is 0 Å². The van der Waals surface area contributed by atoms with E-state index >= 15 is 4.39 Å². The number of rotatable bonds is 11. The molecule has 0 fully saturated rings. The van der Waals surface area contributed by atoms with Gasteiger partial charge in [-0.25, -0.2) is 4.39 Å². The van der Waals surface area contributed by atoms with Crippen molar-refractivity contribution < 1.29 is 23.5 Å². The average molecular weight is 436 g/mol. The molecule has 5 nitrogen and oxygen atoms in total. The zero-order chi connectivity index (χ0) is 22.1. The van der Waals surface area contributed by atoms with Crippen LogP contribution < -0.4 is 10.1 Å². The monoisotopic (exact) mass is 435 g/mol. The second-order valence-corrected chi connectivity index (χ2v) is 7.45. The predicted molar refractivity (Wildman–Crippen MR) is 114 cm³/mol. The molecule has 0 aliphatic carbocycles. The summed E-state index contributed by atoms with van der Waals surface area (Å²) in [6.45, 7) is 3.78. The highest BCUT2D eigenvalue weighted by molar-refractivity contribution is 6.32. The summed E-state index contributed by atoms with van der Waals surface area (Å²) in [6, 6.07) is 11.6. The van der Waals surface area contributed by atoms with Gasteiger partial charge in [0.15, 0.2) is 11.6 Å². The molecule has 162 valence electrons. The van der Waals surface area contributed by atoms with Crippen molar-refractivity contribution >= 4 is 23.4 Å². The van der Waals surface area contributed by atoms with Gasteiger partial charge in [-0.15, -0.1) is 0 Å². The van der Waals surface area contributed by atoms with Crippen LogP contribution in [0.25, 0.3) is 0 Å². The fraction of sp³-hybridized carbons (Fsp3) is 0.391. The molecule has 2 aromatic carbocycles. The Morgan fingerprint density at radius 1 is 1.13 bits per heavy atom. The molecule has 30 heavy (non-hydrogen) atoms. The number of esters is 1. The number of para-hydroxylation sites is 1. The third-order valence-corrected chi connectivity index (χ3v) is 4.98. The van der Waals surface area contributed by atoms with Crippen LogP contribution in [0.4, 0.5) is 4.39 Å². The lowest BCUT2D eigenvalue weighted by Crippen LogP contribution is -2.32. The van der Waals surface area contributed by atoms with Crippen LogP contribution in [0, 0.1) is 5.82 Å². The standard InChI is InChI=1S/C23H27ClFNO4/c1-4-20(26-15(2)14-16(27)10-13-21(28)29-3)18-11-12-19(24)23(22(18)25)30-17-8-6-5-7-9-17/h5-9,11-12,15,20,26H,4,10,13-14H2,1-3H3/t15-,20-/m1/s1. The van der Waals surface area contributed by atoms with Crippen molar-refractivity contribution in [3.8, 4) is 11.5 Å². The largest absolute Gasteiger partial charge is 0.469 e. The maximum absolute atomic E-state index is 15.2. The van der Waals surface area contributed by atoms with Crippen LogP contribution >= 0.6 is 11.6 Å². The van der Waals surface area contributed by atoms with Crippen molar-refractivity contribution in [2.24, 2.45) is 0 Å². The molecule has 0 amide bonds. The number of hydrogen-bond acceptors (Lipinski definition) is 5. The van der Waals surface area contributed by atoms with Gasteiger partial charge >= 0.3 is 5.97 Å². The summed E-state index contributed by atoms with van der Waals surface area (Å²) >= 11 is 6.18. The number of benzene rings is 2. The number of nitrogens with one attached hydrogen (secondary N) is 1. The molecule has 2 rings (SSSR count). The maximum Gasteiger partial charge on any atom is 0.305 e. The smallest absolute Gasteiger partial charge is 0.305 e. The number of methoxy groups -OCH3 is 1. The van der Waals surface area contributed by atoms with E-state index < -0.39 is 11.8 Å². The van der Waals surface area contributed by atoms with Crippen LogP contribution in [-0.4, -0.2) is 24.9 Å². The number of hydrogen-bond donors (Lipinski definition) is 1. The van der Waals surface area contributed by atoms with Gasteiger partial charge in [0.1, 0.15) is 11.5 Å². The van der Waals surface area contributed by atoms with Crippen molar-refractivity contribution in [2.45, 2.75) is 51.6 Å². The van der Waals surface area contributed by atoms with E-state index in [1.165, 1.54) is 7.11 Å². The van der Waals surface area contributed by atoms with Crippen LogP contribution in [-0.2, 0) is 14.3 Å². The van der Waals surface area contributed by atoms with Gasteiger partial charge in [0.05, 0.1) is 18.6 Å². The van der Waals surface area contributed by atoms with Crippen molar-refractivity contribution in [1.82, 2.24) is 5.32 Å². The second-order valence-electron chi connectivity index (χ2n) is 7.04. The van der Waals surface area contributed by atoms with Crippen molar-refractivity contribution in [2.75, 3.05) is 7.11 Å². The Morgan fingerprint density at radius 3 is 2.47 bits per heavy atom. The number of ether oxygens (including phenoxy) is 2. The summed E-state index contributed by atoms with van der Waals surface area (Å²) in [4.78, 5) is 23.3. The zero-order valence-corrected chi connectivity index (χ0v) is 18.2. The summed E-state index contributed by atoms with van der Waals surface area (Å²) in [7, 11) is 1.29. The first-order valence-corrected chi connectivity index (χ1v) is 10.3. The summed E-state index contributed by atoms with van der Waals surface area (Å²) < 4.78 is 25.5. The fourth-order valence-electron chi connectivity index (χ4n) is 3.13. The molecule has 2 atom stereocenters. The van der Waals surface area contributed by atoms with E-state index in [9.17, 15) is 9.59 Å². The second kappa shape index (κ2) is 11.7. The molecule has 1 N–H and O–H groups in total. The average Bonchev–Trinajstić information content (AvgIpc) is 2.74. The van der Waals surface area contributed by atoms with Gasteiger partial charge in [-0.05, 0) is 31.5 Å². The van der Waals surface area contributed by atoms with Gasteiger partial charge in [0, 0.05) is 30.5 Å². The molecule has 0 saturated heterocycles. The highest BCUT2D eigenvalue weighted by atomic mass is 35.5. The molecule has 0 radical (unpaired) electrons. The summed E-state index contributed by atoms with van der Waals surface area (Å²) in [5, 5.41) is 3.47. The lowest BCUT2D eigenvalue weighted by molar-refractivity contribution is -0.142. The molecule has 0 unspecified atom stereocenters. The van der Waals surface area contributed by atoms with E-state index in [4.69, 9.17) is 16.3 Å². The Balaban J connectivity index is 2.09. The van der Waals surface area contributed by atoms with Crippen LogP contribution in [0.3, 0.4) is 0 Å². The summed E-state index contributed by atoms with van der Waals surface area (Å²) in [5.41, 5.74) is 0.418. The number of ketones is 1. The summed E-state index contributed by atoms with van der Waals surface area (Å²) in [6.07, 6.45) is 1.02. The van der Waals surface area contributed by atoms with Gasteiger partial charge in [-0.3, -0.25) is 9.59 Å². The fourth-order valence-corrected chi connectivity index (χ4v) is 3.32. The molecule has 0 spiro atoms. The third-order valence-electron chi connectivity index (χ3n) is 4.68. The highest BCUT2D eigenvalue weighted by Gasteiger charge is 2.22. The molecule has 0 heterocycles. The molecular weight excluding hydrogens is 409 g/mol. The van der Waals surface area contributed by atoms with Gasteiger partial charge in [-0.2, -0.15) is 0 Å². The maximum atomic E-state index is 15.2. The third kappa shape index (κ3) is 6.82.